The number of aldehydes is 1. The lowest BCUT2D eigenvalue weighted by molar-refractivity contribution is -0.246. The molecule has 1 aromatic carbocycles. The number of carbonyl (C=O) groups is 5. The van der Waals surface area contributed by atoms with Crippen molar-refractivity contribution in [1.29, 1.82) is 0 Å². The quantitative estimate of drug-likeness (QED) is 0.0608. The average molecular weight is 841 g/mol. The zero-order valence-electron chi connectivity index (χ0n) is 38.5. The van der Waals surface area contributed by atoms with Gasteiger partial charge in [-0.25, -0.2) is 9.59 Å². The Morgan fingerprint density at radius 3 is 2.08 bits per heavy atom. The summed E-state index contributed by atoms with van der Waals surface area (Å²) in [5.74, 6) is -1.04. The van der Waals surface area contributed by atoms with Gasteiger partial charge in [0.05, 0.1) is 12.0 Å². The van der Waals surface area contributed by atoms with Crippen LogP contribution in [0.3, 0.4) is 0 Å². The van der Waals surface area contributed by atoms with Gasteiger partial charge < -0.3 is 45.6 Å². The summed E-state index contributed by atoms with van der Waals surface area (Å²) in [5, 5.41) is 24.6. The van der Waals surface area contributed by atoms with E-state index in [9.17, 15) is 29.2 Å². The lowest BCUT2D eigenvalue weighted by Gasteiger charge is -2.52. The summed E-state index contributed by atoms with van der Waals surface area (Å²) in [5.41, 5.74) is -2.85. The molecule has 1 unspecified atom stereocenters. The summed E-state index contributed by atoms with van der Waals surface area (Å²) < 4.78 is 10.9. The first-order chi connectivity index (χ1) is 27.7. The summed E-state index contributed by atoms with van der Waals surface area (Å²) in [6.45, 7) is 23.4. The largest absolute Gasteiger partial charge is 0.444 e. The number of nitrogens with one attached hydrogen (secondary N) is 4. The highest BCUT2D eigenvalue weighted by Gasteiger charge is 2.46. The van der Waals surface area contributed by atoms with E-state index in [0.717, 1.165) is 11.8 Å². The Kier molecular flexibility index (Phi) is 17.8. The number of piperidine rings is 1. The predicted octanol–water partition coefficient (Wildman–Crippen LogP) is 6.69. The second kappa shape index (κ2) is 21.2. The summed E-state index contributed by atoms with van der Waals surface area (Å²) in [7, 11) is 0. The highest BCUT2D eigenvalue weighted by atomic mass is 16.6. The Hall–Kier alpha value is -4.01. The van der Waals surface area contributed by atoms with Crippen LogP contribution in [-0.2, 0) is 30.3 Å². The zero-order chi connectivity index (χ0) is 45.1. The molecule has 60 heavy (non-hydrogen) atoms. The number of amides is 4. The number of likely N-dealkylation sites (tertiary alicyclic amines) is 1. The molecule has 4 amide bonds. The molecule has 4 atom stereocenters. The van der Waals surface area contributed by atoms with Gasteiger partial charge in [-0.05, 0) is 132 Å². The monoisotopic (exact) mass is 841 g/mol. The van der Waals surface area contributed by atoms with Gasteiger partial charge in [0.15, 0.2) is 0 Å². The van der Waals surface area contributed by atoms with Crippen LogP contribution >= 0.6 is 0 Å². The highest BCUT2D eigenvalue weighted by molar-refractivity contribution is 5.92. The SMILES string of the molecule is CC(C)C[C@@H](/C=C/[C@H](Cc1ccccc1)C(=O)N1CCC[C@@H]1C(=O)NC(C=O)(CCCNC(=O)OC(C)(C)C)CNC1CC(C)(C)N(O)C(C)(C)C1)NC(=O)OC(C)(C)C. The van der Waals surface area contributed by atoms with Gasteiger partial charge >= 0.3 is 12.2 Å². The van der Waals surface area contributed by atoms with Gasteiger partial charge in [0, 0.05) is 36.8 Å². The number of hydrogen-bond donors (Lipinski definition) is 5. The van der Waals surface area contributed by atoms with E-state index >= 15 is 0 Å². The van der Waals surface area contributed by atoms with Crippen LogP contribution in [-0.4, -0.2) is 111 Å². The fraction of sp³-hybridized carbons (Fsp3) is 0.717. The van der Waals surface area contributed by atoms with Gasteiger partial charge in [-0.2, -0.15) is 5.06 Å². The second-order valence-corrected chi connectivity index (χ2v) is 20.5. The minimum Gasteiger partial charge on any atom is -0.444 e. The number of carbonyl (C=O) groups excluding carboxylic acids is 5. The summed E-state index contributed by atoms with van der Waals surface area (Å²) in [6, 6.07) is 8.39. The van der Waals surface area contributed by atoms with Gasteiger partial charge in [0.1, 0.15) is 29.1 Å². The first-order valence-electron chi connectivity index (χ1n) is 21.7. The molecule has 2 aliphatic rings. The highest BCUT2D eigenvalue weighted by Crippen LogP contribution is 2.37. The van der Waals surface area contributed by atoms with E-state index in [0.29, 0.717) is 51.5 Å². The molecule has 0 radical (unpaired) electrons. The van der Waals surface area contributed by atoms with Gasteiger partial charge in [0.2, 0.25) is 11.8 Å². The van der Waals surface area contributed by atoms with Crippen LogP contribution in [0.5, 0.6) is 0 Å². The standard InChI is InChI=1S/C46H76N6O8/c1-32(2)26-35(49-41(57)60-43(6,7)8)22-21-34(27-33-18-14-13-15-19-33)39(55)51-25-16-20-37(51)38(54)50-46(31-53,23-17-24-47-40(56)59-42(3,4)5)30-48-36-28-44(9,10)52(58)45(11,12)29-36/h13-15,18-19,21-22,31-32,34-37,48,58H,16-17,20,23-30H2,1-12H3,(H,47,56)(H,49,57)(H,50,54)/b22-21+/t34-,35-,37-,46?/m1/s1. The van der Waals surface area contributed by atoms with Crippen molar-refractivity contribution in [2.24, 2.45) is 11.8 Å². The molecule has 14 nitrogen and oxygen atoms in total. The molecule has 0 saturated carbocycles. The number of rotatable bonds is 18. The van der Waals surface area contributed by atoms with Crippen LogP contribution in [0.25, 0.3) is 0 Å². The summed E-state index contributed by atoms with van der Waals surface area (Å²) >= 11 is 0. The lowest BCUT2D eigenvalue weighted by atomic mass is 9.78. The minimum atomic E-state index is -1.37. The number of ether oxygens (including phenoxy) is 2. The Morgan fingerprint density at radius 1 is 0.917 bits per heavy atom. The molecule has 5 N–H and O–H groups in total. The van der Waals surface area contributed by atoms with Crippen LogP contribution in [0.1, 0.15) is 134 Å². The first-order valence-corrected chi connectivity index (χ1v) is 21.7. The number of hydrogen-bond acceptors (Lipinski definition) is 10. The van der Waals surface area contributed by atoms with Crippen molar-refractivity contribution in [1.82, 2.24) is 31.2 Å². The van der Waals surface area contributed by atoms with Crippen LogP contribution in [0.2, 0.25) is 0 Å². The molecule has 2 heterocycles. The van der Waals surface area contributed by atoms with Crippen molar-refractivity contribution in [2.75, 3.05) is 19.6 Å². The van der Waals surface area contributed by atoms with Crippen molar-refractivity contribution in [3.05, 3.63) is 48.0 Å². The van der Waals surface area contributed by atoms with E-state index in [-0.39, 0.29) is 37.4 Å². The predicted molar refractivity (Wildman–Crippen MR) is 233 cm³/mol. The molecule has 2 aliphatic heterocycles. The molecule has 0 spiro atoms. The van der Waals surface area contributed by atoms with E-state index in [1.165, 1.54) is 5.06 Å². The maximum Gasteiger partial charge on any atom is 0.408 e. The van der Waals surface area contributed by atoms with Crippen LogP contribution < -0.4 is 21.3 Å². The molecule has 0 bridgehead atoms. The van der Waals surface area contributed by atoms with E-state index in [4.69, 9.17) is 9.47 Å². The third-order valence-corrected chi connectivity index (χ3v) is 10.9. The Bertz CT molecular complexity index is 1600. The van der Waals surface area contributed by atoms with Gasteiger partial charge in [0.25, 0.3) is 0 Å². The maximum absolute atomic E-state index is 14.6. The van der Waals surface area contributed by atoms with Crippen molar-refractivity contribution in [2.45, 2.75) is 180 Å². The van der Waals surface area contributed by atoms with Crippen LogP contribution in [0.15, 0.2) is 42.5 Å². The normalized spacial score (nSPS) is 20.6. The fourth-order valence-electron chi connectivity index (χ4n) is 8.35. The molecule has 2 saturated heterocycles. The number of hydroxylamine groups is 2. The summed E-state index contributed by atoms with van der Waals surface area (Å²) in [6.07, 6.45) is 7.15. The fourth-order valence-corrected chi connectivity index (χ4v) is 8.35. The third-order valence-electron chi connectivity index (χ3n) is 10.9. The van der Waals surface area contributed by atoms with Gasteiger partial charge in [-0.15, -0.1) is 0 Å². The van der Waals surface area contributed by atoms with Crippen LogP contribution in [0.4, 0.5) is 9.59 Å². The minimum absolute atomic E-state index is 0.0751. The Labute approximate surface area is 359 Å². The molecular formula is C46H76N6O8. The molecule has 0 aromatic heterocycles. The molecular weight excluding hydrogens is 765 g/mol. The van der Waals surface area contributed by atoms with Crippen molar-refractivity contribution >= 4 is 30.3 Å². The molecule has 1 aromatic rings. The molecule has 2 fully saturated rings. The van der Waals surface area contributed by atoms with E-state index in [1.807, 2.05) is 70.2 Å². The number of benzene rings is 1. The maximum atomic E-state index is 14.6. The van der Waals surface area contributed by atoms with Gasteiger partial charge in [-0.1, -0.05) is 56.3 Å². The molecule has 338 valence electrons. The first kappa shape index (κ1) is 50.3. The van der Waals surface area contributed by atoms with E-state index in [1.54, 1.807) is 46.4 Å². The topological polar surface area (TPSA) is 179 Å². The Balaban J connectivity index is 1.88. The molecule has 14 heteroatoms. The van der Waals surface area contributed by atoms with Crippen molar-refractivity contribution < 1.29 is 38.7 Å². The Morgan fingerprint density at radius 2 is 1.52 bits per heavy atom. The summed E-state index contributed by atoms with van der Waals surface area (Å²) in [4.78, 5) is 69.1. The third kappa shape index (κ3) is 16.1. The molecule has 0 aliphatic carbocycles. The zero-order valence-corrected chi connectivity index (χ0v) is 38.5. The van der Waals surface area contributed by atoms with E-state index in [2.05, 4.69) is 35.1 Å². The van der Waals surface area contributed by atoms with E-state index < -0.39 is 63.9 Å². The smallest absolute Gasteiger partial charge is 0.408 e. The van der Waals surface area contributed by atoms with Gasteiger partial charge in [-0.3, -0.25) is 9.59 Å². The van der Waals surface area contributed by atoms with Crippen molar-refractivity contribution in [3.63, 3.8) is 0 Å². The average Bonchev–Trinajstić information content (AvgIpc) is 3.61. The number of nitrogens with zero attached hydrogens (tertiary/aromatic N) is 2. The van der Waals surface area contributed by atoms with Crippen molar-refractivity contribution in [3.8, 4) is 0 Å². The number of alkyl carbamates (subject to hydrolysis) is 2. The molecule has 3 rings (SSSR count). The lowest BCUT2D eigenvalue weighted by Crippen LogP contribution is -2.65. The van der Waals surface area contributed by atoms with Crippen LogP contribution in [0, 0.1) is 11.8 Å². The second-order valence-electron chi connectivity index (χ2n) is 20.5.